The minimum atomic E-state index is 0.330. The number of rotatable bonds is 8. The molecule has 0 aliphatic carbocycles. The Kier molecular flexibility index (Phi) is 6.21. The Labute approximate surface area is 128 Å². The van der Waals surface area contributed by atoms with Gasteiger partial charge in [-0.3, -0.25) is 4.68 Å². The lowest BCUT2D eigenvalue weighted by molar-refractivity contribution is 0.0165. The van der Waals surface area contributed by atoms with Crippen molar-refractivity contribution in [2.75, 3.05) is 26.4 Å². The van der Waals surface area contributed by atoms with E-state index in [1.807, 2.05) is 11.7 Å². The summed E-state index contributed by atoms with van der Waals surface area (Å²) in [6, 6.07) is 0.330. The van der Waals surface area contributed by atoms with Crippen molar-refractivity contribution in [1.82, 2.24) is 15.1 Å². The largest absolute Gasteiger partial charge is 0.379 e. The molecule has 5 nitrogen and oxygen atoms in total. The predicted octanol–water partition coefficient (Wildman–Crippen LogP) is 2.27. The zero-order valence-electron chi connectivity index (χ0n) is 13.8. The lowest BCUT2D eigenvalue weighted by Crippen LogP contribution is -2.22. The van der Waals surface area contributed by atoms with Gasteiger partial charge in [-0.15, -0.1) is 0 Å². The van der Waals surface area contributed by atoms with E-state index in [0.717, 1.165) is 44.9 Å². The van der Waals surface area contributed by atoms with Gasteiger partial charge in [0.25, 0.3) is 0 Å². The van der Waals surface area contributed by atoms with Crippen molar-refractivity contribution in [2.24, 2.45) is 7.05 Å². The van der Waals surface area contributed by atoms with Crippen molar-refractivity contribution >= 4 is 0 Å². The fourth-order valence-corrected chi connectivity index (χ4v) is 3.00. The number of ether oxygens (including phenoxy) is 2. The lowest BCUT2D eigenvalue weighted by Gasteiger charge is -2.15. The summed E-state index contributed by atoms with van der Waals surface area (Å²) in [7, 11) is 2.00. The van der Waals surface area contributed by atoms with E-state index in [-0.39, 0.29) is 0 Å². The molecular formula is C16H29N3O2. The van der Waals surface area contributed by atoms with Gasteiger partial charge in [-0.1, -0.05) is 0 Å². The molecule has 2 atom stereocenters. The molecule has 0 bridgehead atoms. The number of aryl methyl sites for hydroxylation is 2. The van der Waals surface area contributed by atoms with E-state index in [9.17, 15) is 0 Å². The van der Waals surface area contributed by atoms with Gasteiger partial charge in [0, 0.05) is 37.6 Å². The molecule has 21 heavy (non-hydrogen) atoms. The maximum absolute atomic E-state index is 5.68. The van der Waals surface area contributed by atoms with Gasteiger partial charge in [-0.2, -0.15) is 5.10 Å². The summed E-state index contributed by atoms with van der Waals surface area (Å²) >= 11 is 0. The SMILES string of the molecule is Cc1nn(C)c(C)c1C(C)NCCCOCC1CCCO1. The fraction of sp³-hybridized carbons (Fsp3) is 0.812. The van der Waals surface area contributed by atoms with Crippen molar-refractivity contribution in [3.8, 4) is 0 Å². The molecule has 2 unspecified atom stereocenters. The predicted molar refractivity (Wildman–Crippen MR) is 83.5 cm³/mol. The van der Waals surface area contributed by atoms with Crippen LogP contribution in [0.3, 0.4) is 0 Å². The number of hydrogen-bond donors (Lipinski definition) is 1. The van der Waals surface area contributed by atoms with Crippen LogP contribution in [0.5, 0.6) is 0 Å². The summed E-state index contributed by atoms with van der Waals surface area (Å²) in [5.41, 5.74) is 3.67. The molecule has 120 valence electrons. The highest BCUT2D eigenvalue weighted by atomic mass is 16.5. The summed E-state index contributed by atoms with van der Waals surface area (Å²) in [6.45, 7) is 9.80. The fourth-order valence-electron chi connectivity index (χ4n) is 3.00. The Morgan fingerprint density at radius 1 is 1.48 bits per heavy atom. The molecule has 0 aromatic carbocycles. The molecule has 1 aliphatic rings. The molecule has 0 saturated carbocycles. The highest BCUT2D eigenvalue weighted by molar-refractivity contribution is 5.27. The van der Waals surface area contributed by atoms with Crippen molar-refractivity contribution in [1.29, 1.82) is 0 Å². The van der Waals surface area contributed by atoms with E-state index in [0.29, 0.717) is 12.1 Å². The molecule has 1 aromatic heterocycles. The van der Waals surface area contributed by atoms with Gasteiger partial charge >= 0.3 is 0 Å². The molecule has 1 fully saturated rings. The first-order valence-electron chi connectivity index (χ1n) is 8.02. The van der Waals surface area contributed by atoms with E-state index < -0.39 is 0 Å². The van der Waals surface area contributed by atoms with Gasteiger partial charge in [-0.25, -0.2) is 0 Å². The third-order valence-corrected chi connectivity index (χ3v) is 4.24. The average molecular weight is 295 g/mol. The first kappa shape index (κ1) is 16.5. The second kappa shape index (κ2) is 7.92. The molecule has 1 N–H and O–H groups in total. The van der Waals surface area contributed by atoms with Gasteiger partial charge in [0.1, 0.15) is 0 Å². The number of hydrogen-bond acceptors (Lipinski definition) is 4. The second-order valence-electron chi connectivity index (χ2n) is 5.95. The van der Waals surface area contributed by atoms with Crippen molar-refractivity contribution in [2.45, 2.75) is 52.2 Å². The van der Waals surface area contributed by atoms with Crippen molar-refractivity contribution in [3.05, 3.63) is 17.0 Å². The van der Waals surface area contributed by atoms with Crippen molar-refractivity contribution in [3.63, 3.8) is 0 Å². The molecule has 0 amide bonds. The Bertz CT molecular complexity index is 439. The van der Waals surface area contributed by atoms with Gasteiger partial charge in [-0.05, 0) is 46.6 Å². The van der Waals surface area contributed by atoms with Crippen LogP contribution in [0.15, 0.2) is 0 Å². The molecule has 1 aromatic rings. The topological polar surface area (TPSA) is 48.3 Å². The Morgan fingerprint density at radius 3 is 2.90 bits per heavy atom. The Hall–Kier alpha value is -0.910. The molecule has 2 heterocycles. The van der Waals surface area contributed by atoms with Gasteiger partial charge in [0.2, 0.25) is 0 Å². The third kappa shape index (κ3) is 4.53. The molecule has 0 radical (unpaired) electrons. The van der Waals surface area contributed by atoms with Gasteiger partial charge in [0.05, 0.1) is 18.4 Å². The van der Waals surface area contributed by atoms with Crippen LogP contribution in [0.4, 0.5) is 0 Å². The van der Waals surface area contributed by atoms with Crippen LogP contribution in [0.2, 0.25) is 0 Å². The van der Waals surface area contributed by atoms with Gasteiger partial charge < -0.3 is 14.8 Å². The van der Waals surface area contributed by atoms with Crippen LogP contribution < -0.4 is 5.32 Å². The van der Waals surface area contributed by atoms with E-state index in [2.05, 4.69) is 31.2 Å². The summed E-state index contributed by atoms with van der Waals surface area (Å²) in [5.74, 6) is 0. The average Bonchev–Trinajstić information content (AvgIpc) is 3.03. The van der Waals surface area contributed by atoms with Crippen LogP contribution in [0, 0.1) is 13.8 Å². The van der Waals surface area contributed by atoms with E-state index >= 15 is 0 Å². The number of aromatic nitrogens is 2. The molecule has 2 rings (SSSR count). The normalized spacial score (nSPS) is 20.1. The molecule has 5 heteroatoms. The quantitative estimate of drug-likeness (QED) is 0.748. The third-order valence-electron chi connectivity index (χ3n) is 4.24. The van der Waals surface area contributed by atoms with Crippen LogP contribution in [0.1, 0.15) is 49.2 Å². The highest BCUT2D eigenvalue weighted by Crippen LogP contribution is 2.20. The number of nitrogens with zero attached hydrogens (tertiary/aromatic N) is 2. The smallest absolute Gasteiger partial charge is 0.0809 e. The maximum atomic E-state index is 5.68. The van der Waals surface area contributed by atoms with Crippen LogP contribution in [-0.4, -0.2) is 42.2 Å². The number of nitrogens with one attached hydrogen (secondary N) is 1. The molecular weight excluding hydrogens is 266 g/mol. The van der Waals surface area contributed by atoms with Crippen LogP contribution in [0.25, 0.3) is 0 Å². The Morgan fingerprint density at radius 2 is 2.29 bits per heavy atom. The molecule has 1 aliphatic heterocycles. The summed E-state index contributed by atoms with van der Waals surface area (Å²) in [4.78, 5) is 0. The van der Waals surface area contributed by atoms with E-state index in [4.69, 9.17) is 9.47 Å². The van der Waals surface area contributed by atoms with Crippen LogP contribution >= 0.6 is 0 Å². The minimum Gasteiger partial charge on any atom is -0.379 e. The highest BCUT2D eigenvalue weighted by Gasteiger charge is 2.16. The Balaban J connectivity index is 1.61. The minimum absolute atomic E-state index is 0.330. The first-order valence-corrected chi connectivity index (χ1v) is 8.02. The van der Waals surface area contributed by atoms with Crippen LogP contribution in [-0.2, 0) is 16.5 Å². The maximum Gasteiger partial charge on any atom is 0.0809 e. The zero-order chi connectivity index (χ0) is 15.2. The van der Waals surface area contributed by atoms with E-state index in [1.54, 1.807) is 0 Å². The van der Waals surface area contributed by atoms with Gasteiger partial charge in [0.15, 0.2) is 0 Å². The van der Waals surface area contributed by atoms with E-state index in [1.165, 1.54) is 17.7 Å². The zero-order valence-corrected chi connectivity index (χ0v) is 13.8. The summed E-state index contributed by atoms with van der Waals surface area (Å²) < 4.78 is 13.2. The molecule has 1 saturated heterocycles. The summed E-state index contributed by atoms with van der Waals surface area (Å²) in [6.07, 6.45) is 3.68. The first-order chi connectivity index (χ1) is 10.1. The standard InChI is InChI=1S/C16H29N3O2/c1-12(16-13(2)18-19(4)14(16)3)17-8-6-9-20-11-15-7-5-10-21-15/h12,15,17H,5-11H2,1-4H3. The monoisotopic (exact) mass is 295 g/mol. The van der Waals surface area contributed by atoms with Crippen molar-refractivity contribution < 1.29 is 9.47 Å². The summed E-state index contributed by atoms with van der Waals surface area (Å²) in [5, 5.41) is 8.03. The molecule has 0 spiro atoms. The second-order valence-corrected chi connectivity index (χ2v) is 5.95. The lowest BCUT2D eigenvalue weighted by atomic mass is 10.1.